The van der Waals surface area contributed by atoms with Crippen LogP contribution in [-0.2, 0) is 10.0 Å². The van der Waals surface area contributed by atoms with Crippen molar-refractivity contribution in [3.05, 3.63) is 45.1 Å². The molecule has 0 unspecified atom stereocenters. The fourth-order valence-electron chi connectivity index (χ4n) is 2.82. The van der Waals surface area contributed by atoms with Gasteiger partial charge in [-0.05, 0) is 46.3 Å². The largest absolute Gasteiger partial charge is 0.495 e. The van der Waals surface area contributed by atoms with Crippen LogP contribution in [0.2, 0.25) is 0 Å². The van der Waals surface area contributed by atoms with Crippen molar-refractivity contribution < 1.29 is 17.5 Å². The van der Waals surface area contributed by atoms with Gasteiger partial charge in [-0.1, -0.05) is 15.9 Å². The minimum atomic E-state index is -3.92. The summed E-state index contributed by atoms with van der Waals surface area (Å²) in [6, 6.07) is 7.41. The third-order valence-corrected chi connectivity index (χ3v) is 6.78. The number of benzene rings is 2. The monoisotopic (exact) mass is 775 g/mol. The summed E-state index contributed by atoms with van der Waals surface area (Å²) in [6.07, 6.45) is 0. The Morgan fingerprint density at radius 2 is 1.83 bits per heavy atom. The van der Waals surface area contributed by atoms with E-state index in [4.69, 9.17) is 4.74 Å². The van der Waals surface area contributed by atoms with E-state index in [0.29, 0.717) is 15.9 Å². The molecular formula is C17H18Br2FI2N3O3S. The molecule has 2 aromatic carbocycles. The molecule has 0 spiro atoms. The molecule has 0 bridgehead atoms. The number of piperazine rings is 1. The van der Waals surface area contributed by atoms with Crippen molar-refractivity contribution in [2.75, 3.05) is 42.9 Å². The minimum absolute atomic E-state index is 0.0464. The molecule has 0 aliphatic carbocycles. The highest BCUT2D eigenvalue weighted by atomic mass is 128. The first-order valence-electron chi connectivity index (χ1n) is 8.27. The van der Waals surface area contributed by atoms with Crippen LogP contribution in [-0.4, -0.2) is 41.7 Å². The second kappa shape index (κ2) is 11.6. The van der Waals surface area contributed by atoms with E-state index in [2.05, 4.69) is 84.0 Å². The molecule has 3 rings (SSSR count). The lowest BCUT2D eigenvalue weighted by Crippen LogP contribution is -2.43. The van der Waals surface area contributed by atoms with E-state index in [1.54, 1.807) is 19.2 Å². The van der Waals surface area contributed by atoms with E-state index in [-0.39, 0.29) is 15.1 Å². The van der Waals surface area contributed by atoms with Gasteiger partial charge >= 0.3 is 0 Å². The standard InChI is InChI=1S/C17H18Br2FN3O3S.I2/c1-26-16-3-2-12(10-15(16)23-6-4-21-5-7-23)27(24,25)22-14-9-11(18)8-13(20)17(14)19;1-2/h2-3,8-10,21-22H,4-7H2,1H3;. The van der Waals surface area contributed by atoms with Crippen LogP contribution in [0.25, 0.3) is 0 Å². The molecule has 160 valence electrons. The summed E-state index contributed by atoms with van der Waals surface area (Å²) < 4.78 is 47.9. The van der Waals surface area contributed by atoms with Crippen LogP contribution >= 0.6 is 69.1 Å². The fraction of sp³-hybridized carbons (Fsp3) is 0.294. The third kappa shape index (κ3) is 6.54. The highest BCUT2D eigenvalue weighted by Crippen LogP contribution is 2.34. The molecule has 2 N–H and O–H groups in total. The zero-order valence-corrected chi connectivity index (χ0v) is 23.5. The van der Waals surface area contributed by atoms with Gasteiger partial charge in [0.1, 0.15) is 11.6 Å². The Labute approximate surface area is 210 Å². The molecule has 0 radical (unpaired) electrons. The van der Waals surface area contributed by atoms with Crippen molar-refractivity contribution in [2.45, 2.75) is 4.90 Å². The molecule has 1 aliphatic heterocycles. The van der Waals surface area contributed by atoms with Crippen LogP contribution in [0.4, 0.5) is 15.8 Å². The lowest BCUT2D eigenvalue weighted by atomic mass is 10.2. The van der Waals surface area contributed by atoms with Crippen LogP contribution in [0.5, 0.6) is 5.75 Å². The molecule has 0 saturated carbocycles. The molecule has 2 aromatic rings. The first-order chi connectivity index (χ1) is 13.8. The summed E-state index contributed by atoms with van der Waals surface area (Å²) in [7, 11) is -2.37. The number of hydrogen-bond acceptors (Lipinski definition) is 5. The maximum Gasteiger partial charge on any atom is 0.262 e. The molecular weight excluding hydrogens is 759 g/mol. The molecule has 1 fully saturated rings. The molecule has 12 heteroatoms. The fourth-order valence-corrected chi connectivity index (χ4v) is 4.80. The lowest BCUT2D eigenvalue weighted by Gasteiger charge is -2.30. The number of halogens is 5. The van der Waals surface area contributed by atoms with Crippen LogP contribution in [0.1, 0.15) is 0 Å². The van der Waals surface area contributed by atoms with E-state index in [9.17, 15) is 12.8 Å². The van der Waals surface area contributed by atoms with Crippen molar-refractivity contribution in [1.82, 2.24) is 5.32 Å². The highest BCUT2D eigenvalue weighted by Gasteiger charge is 2.22. The molecule has 0 atom stereocenters. The molecule has 1 heterocycles. The maximum absolute atomic E-state index is 13.9. The first-order valence-corrected chi connectivity index (χ1v) is 17.6. The summed E-state index contributed by atoms with van der Waals surface area (Å²) >= 11 is 10.5. The van der Waals surface area contributed by atoms with Crippen LogP contribution in [0.3, 0.4) is 0 Å². The van der Waals surface area contributed by atoms with Gasteiger partial charge in [0.15, 0.2) is 0 Å². The lowest BCUT2D eigenvalue weighted by molar-refractivity contribution is 0.412. The molecule has 6 nitrogen and oxygen atoms in total. The molecule has 0 amide bonds. The van der Waals surface area contributed by atoms with Gasteiger partial charge in [0.2, 0.25) is 0 Å². The number of rotatable bonds is 5. The quantitative estimate of drug-likeness (QED) is 0.317. The Kier molecular flexibility index (Phi) is 10.2. The predicted octanol–water partition coefficient (Wildman–Crippen LogP) is 5.34. The Balaban J connectivity index is 0.00000145. The normalized spacial score (nSPS) is 14.1. The maximum atomic E-state index is 13.9. The van der Waals surface area contributed by atoms with Gasteiger partial charge in [0.25, 0.3) is 10.0 Å². The molecule has 29 heavy (non-hydrogen) atoms. The summed E-state index contributed by atoms with van der Waals surface area (Å²) in [6.45, 7) is 3.11. The Morgan fingerprint density at radius 3 is 2.45 bits per heavy atom. The number of methoxy groups -OCH3 is 1. The Bertz CT molecular complexity index is 961. The summed E-state index contributed by atoms with van der Waals surface area (Å²) in [5, 5.41) is 3.26. The van der Waals surface area contributed by atoms with Gasteiger partial charge in [0, 0.05) is 67.9 Å². The summed E-state index contributed by atoms with van der Waals surface area (Å²) in [5.74, 6) is 0.0313. The van der Waals surface area contributed by atoms with Crippen molar-refractivity contribution in [3.63, 3.8) is 0 Å². The molecule has 1 saturated heterocycles. The summed E-state index contributed by atoms with van der Waals surface area (Å²) in [4.78, 5) is 2.15. The highest BCUT2D eigenvalue weighted by molar-refractivity contribution is 15.0. The average Bonchev–Trinajstić information content (AvgIpc) is 2.73. The number of hydrogen-bond donors (Lipinski definition) is 2. The smallest absolute Gasteiger partial charge is 0.262 e. The van der Waals surface area contributed by atoms with Crippen LogP contribution in [0, 0.1) is 5.82 Å². The zero-order valence-electron chi connectivity index (χ0n) is 15.2. The van der Waals surface area contributed by atoms with E-state index in [1.165, 1.54) is 18.2 Å². The van der Waals surface area contributed by atoms with Crippen LogP contribution in [0.15, 0.2) is 44.2 Å². The number of sulfonamides is 1. The number of nitrogens with zero attached hydrogens (tertiary/aromatic N) is 1. The van der Waals surface area contributed by atoms with Crippen molar-refractivity contribution >= 4 is 90.5 Å². The number of ether oxygens (including phenoxy) is 1. The second-order valence-electron chi connectivity index (χ2n) is 5.93. The Morgan fingerprint density at radius 1 is 1.17 bits per heavy atom. The van der Waals surface area contributed by atoms with Gasteiger partial charge in [-0.2, -0.15) is 0 Å². The van der Waals surface area contributed by atoms with E-state index in [1.807, 2.05) is 0 Å². The van der Waals surface area contributed by atoms with Gasteiger partial charge in [-0.15, -0.1) is 0 Å². The summed E-state index contributed by atoms with van der Waals surface area (Å²) in [5.41, 5.74) is 0.822. The topological polar surface area (TPSA) is 70.7 Å². The average molecular weight is 777 g/mol. The van der Waals surface area contributed by atoms with Crippen LogP contribution < -0.4 is 19.7 Å². The van der Waals surface area contributed by atoms with E-state index >= 15 is 0 Å². The zero-order chi connectivity index (χ0) is 21.6. The van der Waals surface area contributed by atoms with Crippen molar-refractivity contribution in [1.29, 1.82) is 0 Å². The minimum Gasteiger partial charge on any atom is -0.495 e. The second-order valence-corrected chi connectivity index (χ2v) is 9.32. The Hall–Kier alpha value is 0.100. The molecule has 1 aliphatic rings. The molecule has 0 aromatic heterocycles. The number of anilines is 2. The van der Waals surface area contributed by atoms with Gasteiger partial charge in [-0.25, -0.2) is 12.8 Å². The predicted molar refractivity (Wildman–Crippen MR) is 139 cm³/mol. The van der Waals surface area contributed by atoms with Gasteiger partial charge in [0.05, 0.1) is 27.9 Å². The SMILES string of the molecule is COc1ccc(S(=O)(=O)Nc2cc(Br)cc(F)c2Br)cc1N1CCNCC1.II. The van der Waals surface area contributed by atoms with Gasteiger partial charge < -0.3 is 15.0 Å². The van der Waals surface area contributed by atoms with Crippen molar-refractivity contribution in [3.8, 4) is 5.75 Å². The van der Waals surface area contributed by atoms with Gasteiger partial charge in [-0.3, -0.25) is 4.72 Å². The third-order valence-electron chi connectivity index (χ3n) is 4.16. The number of nitrogens with one attached hydrogen (secondary N) is 2. The van der Waals surface area contributed by atoms with E-state index < -0.39 is 15.8 Å². The van der Waals surface area contributed by atoms with Crippen molar-refractivity contribution in [2.24, 2.45) is 0 Å². The van der Waals surface area contributed by atoms with E-state index in [0.717, 1.165) is 26.2 Å². The first kappa shape index (κ1) is 25.4.